The van der Waals surface area contributed by atoms with E-state index in [9.17, 15) is 18.0 Å². The van der Waals surface area contributed by atoms with Crippen molar-refractivity contribution in [1.82, 2.24) is 4.31 Å². The molecule has 21 heavy (non-hydrogen) atoms. The van der Waals surface area contributed by atoms with Crippen molar-refractivity contribution in [1.29, 1.82) is 0 Å². The molecule has 0 aliphatic carbocycles. The van der Waals surface area contributed by atoms with E-state index in [1.165, 1.54) is 12.1 Å². The number of nitrogens with two attached hydrogens (primary N) is 3. The fourth-order valence-corrected chi connectivity index (χ4v) is 5.44. The molecule has 0 radical (unpaired) electrons. The molecule has 0 saturated carbocycles. The van der Waals surface area contributed by atoms with Crippen LogP contribution < -0.4 is 17.2 Å². The van der Waals surface area contributed by atoms with Crippen molar-refractivity contribution in [2.75, 3.05) is 18.8 Å². The van der Waals surface area contributed by atoms with Gasteiger partial charge in [-0.1, -0.05) is 0 Å². The summed E-state index contributed by atoms with van der Waals surface area (Å²) in [5, 5.41) is 0. The Kier molecular flexibility index (Phi) is 5.73. The Morgan fingerprint density at radius 1 is 1.05 bits per heavy atom. The minimum atomic E-state index is -4.19. The Balaban J connectivity index is 3.42. The van der Waals surface area contributed by atoms with Gasteiger partial charge in [0, 0.05) is 14.6 Å². The van der Waals surface area contributed by atoms with Crippen LogP contribution in [-0.4, -0.2) is 37.6 Å². The van der Waals surface area contributed by atoms with Gasteiger partial charge >= 0.3 is 0 Å². The highest BCUT2D eigenvalue weighted by molar-refractivity contribution is 9.11. The maximum atomic E-state index is 12.6. The number of anilines is 1. The Hall–Kier alpha value is -1.17. The zero-order valence-electron chi connectivity index (χ0n) is 10.5. The fraction of sp³-hybridized carbons (Fsp3) is 0.200. The standard InChI is InChI=1S/C10H12Br2N4O4S/c11-6-1-5(13)2-7(12)10(6)21(19,20)16(3-8(14)17)4-9(15)18/h1-2H,3-4,13H2,(H2,14,17)(H2,15,18). The first-order valence-corrected chi connectivity index (χ1v) is 8.39. The van der Waals surface area contributed by atoms with E-state index in [1.807, 2.05) is 0 Å². The summed E-state index contributed by atoms with van der Waals surface area (Å²) in [4.78, 5) is 21.8. The van der Waals surface area contributed by atoms with Crippen molar-refractivity contribution in [2.45, 2.75) is 4.90 Å². The number of benzene rings is 1. The van der Waals surface area contributed by atoms with Gasteiger partial charge in [0.15, 0.2) is 0 Å². The summed E-state index contributed by atoms with van der Waals surface area (Å²) >= 11 is 6.17. The van der Waals surface area contributed by atoms with Crippen LogP contribution in [0.4, 0.5) is 5.69 Å². The lowest BCUT2D eigenvalue weighted by atomic mass is 10.3. The van der Waals surface area contributed by atoms with E-state index in [0.717, 1.165) is 0 Å². The van der Waals surface area contributed by atoms with Gasteiger partial charge in [0.1, 0.15) is 4.90 Å². The summed E-state index contributed by atoms with van der Waals surface area (Å²) in [5.74, 6) is -1.83. The van der Waals surface area contributed by atoms with Gasteiger partial charge in [-0.05, 0) is 44.0 Å². The van der Waals surface area contributed by atoms with Crippen molar-refractivity contribution in [3.05, 3.63) is 21.1 Å². The highest BCUT2D eigenvalue weighted by Crippen LogP contribution is 2.34. The predicted octanol–water partition coefficient (Wildman–Crippen LogP) is -0.245. The molecule has 6 N–H and O–H groups in total. The van der Waals surface area contributed by atoms with Crippen LogP contribution in [0, 0.1) is 0 Å². The van der Waals surface area contributed by atoms with Gasteiger partial charge in [0.25, 0.3) is 0 Å². The highest BCUT2D eigenvalue weighted by atomic mass is 79.9. The number of hydrogen-bond acceptors (Lipinski definition) is 5. The van der Waals surface area contributed by atoms with Crippen LogP contribution in [0.25, 0.3) is 0 Å². The first-order chi connectivity index (χ1) is 9.55. The van der Waals surface area contributed by atoms with E-state index < -0.39 is 34.9 Å². The molecule has 8 nitrogen and oxygen atoms in total. The predicted molar refractivity (Wildman–Crippen MR) is 83.4 cm³/mol. The number of sulfonamides is 1. The number of amides is 2. The zero-order chi connectivity index (χ0) is 16.4. The van der Waals surface area contributed by atoms with Crippen LogP contribution >= 0.6 is 31.9 Å². The first kappa shape index (κ1) is 17.9. The molecule has 1 rings (SSSR count). The summed E-state index contributed by atoms with van der Waals surface area (Å²) in [5.41, 5.74) is 15.9. The number of carbonyl (C=O) groups excluding carboxylic acids is 2. The largest absolute Gasteiger partial charge is 0.399 e. The molecule has 0 saturated heterocycles. The summed E-state index contributed by atoms with van der Waals surface area (Å²) in [6, 6.07) is 2.76. The molecule has 0 fully saturated rings. The highest BCUT2D eigenvalue weighted by Gasteiger charge is 2.31. The van der Waals surface area contributed by atoms with Crippen molar-refractivity contribution in [3.63, 3.8) is 0 Å². The summed E-state index contributed by atoms with van der Waals surface area (Å²) in [7, 11) is -4.19. The molecule has 116 valence electrons. The second-order valence-electron chi connectivity index (χ2n) is 4.02. The van der Waals surface area contributed by atoms with Crippen LogP contribution in [0.5, 0.6) is 0 Å². The van der Waals surface area contributed by atoms with Gasteiger partial charge in [-0.25, -0.2) is 8.42 Å². The summed E-state index contributed by atoms with van der Waals surface area (Å²) < 4.78 is 26.1. The quantitative estimate of drug-likeness (QED) is 0.518. The van der Waals surface area contributed by atoms with Gasteiger partial charge in [-0.15, -0.1) is 0 Å². The third-order valence-corrected chi connectivity index (χ3v) is 5.95. The van der Waals surface area contributed by atoms with Crippen LogP contribution in [0.2, 0.25) is 0 Å². The molecule has 0 spiro atoms. The maximum Gasteiger partial charge on any atom is 0.246 e. The fourth-order valence-electron chi connectivity index (χ4n) is 1.53. The number of nitrogen functional groups attached to an aromatic ring is 1. The van der Waals surface area contributed by atoms with Gasteiger partial charge in [-0.3, -0.25) is 9.59 Å². The van der Waals surface area contributed by atoms with E-state index in [-0.39, 0.29) is 13.8 Å². The molecule has 0 aliphatic rings. The number of primary amides is 2. The maximum absolute atomic E-state index is 12.6. The summed E-state index contributed by atoms with van der Waals surface area (Å²) in [6.45, 7) is -1.34. The molecule has 0 heterocycles. The second kappa shape index (κ2) is 6.73. The number of hydrogen-bond donors (Lipinski definition) is 3. The Labute approximate surface area is 137 Å². The van der Waals surface area contributed by atoms with Gasteiger partial charge in [0.05, 0.1) is 13.1 Å². The van der Waals surface area contributed by atoms with Gasteiger partial charge in [-0.2, -0.15) is 4.31 Å². The molecule has 0 atom stereocenters. The molecule has 2 amide bonds. The number of rotatable bonds is 6. The smallest absolute Gasteiger partial charge is 0.246 e. The zero-order valence-corrected chi connectivity index (χ0v) is 14.5. The Bertz CT molecular complexity index is 653. The van der Waals surface area contributed by atoms with Crippen LogP contribution in [0.1, 0.15) is 0 Å². The van der Waals surface area contributed by atoms with Gasteiger partial charge in [0.2, 0.25) is 21.8 Å². The average Bonchev–Trinajstić information content (AvgIpc) is 2.24. The van der Waals surface area contributed by atoms with Crippen molar-refractivity contribution < 1.29 is 18.0 Å². The lowest BCUT2D eigenvalue weighted by Crippen LogP contribution is -2.43. The Morgan fingerprint density at radius 2 is 1.43 bits per heavy atom. The van der Waals surface area contributed by atoms with Crippen LogP contribution in [0.15, 0.2) is 26.0 Å². The van der Waals surface area contributed by atoms with E-state index in [4.69, 9.17) is 17.2 Å². The van der Waals surface area contributed by atoms with Crippen molar-refractivity contribution in [3.8, 4) is 0 Å². The SMILES string of the molecule is NC(=O)CN(CC(N)=O)S(=O)(=O)c1c(Br)cc(N)cc1Br. The third kappa shape index (κ3) is 4.40. The van der Waals surface area contributed by atoms with Crippen LogP contribution in [0.3, 0.4) is 0 Å². The molecular weight excluding hydrogens is 432 g/mol. The normalized spacial score (nSPS) is 11.6. The van der Waals surface area contributed by atoms with Crippen molar-refractivity contribution in [2.24, 2.45) is 11.5 Å². The van der Waals surface area contributed by atoms with Crippen molar-refractivity contribution >= 4 is 59.4 Å². The lowest BCUT2D eigenvalue weighted by Gasteiger charge is -2.21. The Morgan fingerprint density at radius 3 is 1.76 bits per heavy atom. The number of carbonyl (C=O) groups is 2. The molecule has 1 aromatic carbocycles. The molecule has 0 aliphatic heterocycles. The monoisotopic (exact) mass is 442 g/mol. The molecule has 11 heteroatoms. The second-order valence-corrected chi connectivity index (χ2v) is 7.60. The first-order valence-electron chi connectivity index (χ1n) is 5.37. The third-order valence-electron chi connectivity index (χ3n) is 2.28. The average molecular weight is 444 g/mol. The van der Waals surface area contributed by atoms with E-state index in [1.54, 1.807) is 0 Å². The minimum absolute atomic E-state index is 0.174. The molecule has 1 aromatic rings. The summed E-state index contributed by atoms with van der Waals surface area (Å²) in [6.07, 6.45) is 0. The van der Waals surface area contributed by atoms with E-state index in [0.29, 0.717) is 9.99 Å². The lowest BCUT2D eigenvalue weighted by molar-refractivity contribution is -0.120. The topological polar surface area (TPSA) is 150 Å². The number of halogens is 2. The molecular formula is C10H12Br2N4O4S. The van der Waals surface area contributed by atoms with E-state index in [2.05, 4.69) is 31.9 Å². The molecule has 0 unspecified atom stereocenters. The molecule has 0 bridgehead atoms. The molecule has 0 aromatic heterocycles. The van der Waals surface area contributed by atoms with Crippen LogP contribution in [-0.2, 0) is 19.6 Å². The number of nitrogens with zero attached hydrogens (tertiary/aromatic N) is 1. The van der Waals surface area contributed by atoms with E-state index >= 15 is 0 Å². The van der Waals surface area contributed by atoms with Gasteiger partial charge < -0.3 is 17.2 Å². The minimum Gasteiger partial charge on any atom is -0.399 e.